The van der Waals surface area contributed by atoms with Crippen LogP contribution in [0.15, 0.2) is 0 Å². The van der Waals surface area contributed by atoms with E-state index in [0.717, 1.165) is 26.1 Å². The SMILES string of the molecule is CCCN(CC1CCCCN1)C(=O)NCC. The lowest BCUT2D eigenvalue weighted by molar-refractivity contribution is 0.187. The zero-order valence-electron chi connectivity index (χ0n) is 10.6. The molecule has 4 heteroatoms. The van der Waals surface area contributed by atoms with Crippen molar-refractivity contribution in [2.45, 2.75) is 45.6 Å². The molecule has 4 nitrogen and oxygen atoms in total. The maximum Gasteiger partial charge on any atom is 0.317 e. The van der Waals surface area contributed by atoms with Crippen molar-refractivity contribution in [1.82, 2.24) is 15.5 Å². The summed E-state index contributed by atoms with van der Waals surface area (Å²) in [5.74, 6) is 0. The van der Waals surface area contributed by atoms with E-state index in [1.807, 2.05) is 11.8 Å². The average Bonchev–Trinajstić information content (AvgIpc) is 2.30. The Morgan fingerprint density at radius 1 is 1.44 bits per heavy atom. The first kappa shape index (κ1) is 13.3. The van der Waals surface area contributed by atoms with Crippen molar-refractivity contribution in [3.8, 4) is 0 Å². The minimum atomic E-state index is 0.0803. The van der Waals surface area contributed by atoms with Gasteiger partial charge >= 0.3 is 6.03 Å². The van der Waals surface area contributed by atoms with Gasteiger partial charge in [-0.1, -0.05) is 13.3 Å². The fourth-order valence-corrected chi connectivity index (χ4v) is 2.15. The van der Waals surface area contributed by atoms with Crippen molar-refractivity contribution in [2.75, 3.05) is 26.2 Å². The highest BCUT2D eigenvalue weighted by atomic mass is 16.2. The maximum atomic E-state index is 11.8. The van der Waals surface area contributed by atoms with Crippen molar-refractivity contribution < 1.29 is 4.79 Å². The quantitative estimate of drug-likeness (QED) is 0.749. The van der Waals surface area contributed by atoms with Crippen LogP contribution in [0.4, 0.5) is 4.79 Å². The Labute approximate surface area is 98.8 Å². The van der Waals surface area contributed by atoms with Crippen LogP contribution in [0.3, 0.4) is 0 Å². The van der Waals surface area contributed by atoms with Crippen molar-refractivity contribution in [1.29, 1.82) is 0 Å². The monoisotopic (exact) mass is 227 g/mol. The lowest BCUT2D eigenvalue weighted by Crippen LogP contribution is -2.49. The van der Waals surface area contributed by atoms with Gasteiger partial charge in [-0.3, -0.25) is 0 Å². The lowest BCUT2D eigenvalue weighted by Gasteiger charge is -2.30. The molecule has 94 valence electrons. The molecule has 0 radical (unpaired) electrons. The molecule has 0 bridgehead atoms. The molecule has 0 aromatic rings. The molecule has 16 heavy (non-hydrogen) atoms. The highest BCUT2D eigenvalue weighted by Gasteiger charge is 2.19. The van der Waals surface area contributed by atoms with Gasteiger partial charge in [-0.25, -0.2) is 4.79 Å². The first-order valence-corrected chi connectivity index (χ1v) is 6.54. The highest BCUT2D eigenvalue weighted by molar-refractivity contribution is 5.74. The van der Waals surface area contributed by atoms with Crippen molar-refractivity contribution >= 4 is 6.03 Å². The fraction of sp³-hybridized carbons (Fsp3) is 0.917. The van der Waals surface area contributed by atoms with Gasteiger partial charge in [-0.15, -0.1) is 0 Å². The molecule has 0 aromatic heterocycles. The Kier molecular flexibility index (Phi) is 6.23. The third-order valence-corrected chi connectivity index (χ3v) is 2.96. The number of rotatable bonds is 5. The molecule has 1 atom stereocenters. The molecular formula is C12H25N3O. The minimum absolute atomic E-state index is 0.0803. The molecule has 1 heterocycles. The summed E-state index contributed by atoms with van der Waals surface area (Å²) in [5.41, 5.74) is 0. The van der Waals surface area contributed by atoms with Crippen LogP contribution in [0.1, 0.15) is 39.5 Å². The molecule has 0 spiro atoms. The predicted molar refractivity (Wildman–Crippen MR) is 66.6 cm³/mol. The second kappa shape index (κ2) is 7.49. The summed E-state index contributed by atoms with van der Waals surface area (Å²) in [7, 11) is 0. The van der Waals surface area contributed by atoms with E-state index in [1.54, 1.807) is 0 Å². The normalized spacial score (nSPS) is 20.5. The summed E-state index contributed by atoms with van der Waals surface area (Å²) in [5, 5.41) is 6.36. The molecule has 0 aliphatic carbocycles. The van der Waals surface area contributed by atoms with Gasteiger partial charge < -0.3 is 15.5 Å². The van der Waals surface area contributed by atoms with Gasteiger partial charge in [0.1, 0.15) is 0 Å². The molecule has 1 aliphatic rings. The minimum Gasteiger partial charge on any atom is -0.338 e. The first-order chi connectivity index (χ1) is 7.77. The van der Waals surface area contributed by atoms with Gasteiger partial charge in [0, 0.05) is 25.7 Å². The van der Waals surface area contributed by atoms with Gasteiger partial charge in [-0.2, -0.15) is 0 Å². The van der Waals surface area contributed by atoms with Crippen LogP contribution in [-0.2, 0) is 0 Å². The Morgan fingerprint density at radius 2 is 2.25 bits per heavy atom. The van der Waals surface area contributed by atoms with Crippen LogP contribution in [0, 0.1) is 0 Å². The summed E-state index contributed by atoms with van der Waals surface area (Å²) in [6.45, 7) is 7.57. The number of piperidine rings is 1. The van der Waals surface area contributed by atoms with Crippen molar-refractivity contribution in [3.05, 3.63) is 0 Å². The van der Waals surface area contributed by atoms with Gasteiger partial charge in [0.05, 0.1) is 0 Å². The number of carbonyl (C=O) groups excluding carboxylic acids is 1. The standard InChI is InChI=1S/C12H25N3O/c1-3-9-15(12(16)13-4-2)10-11-7-5-6-8-14-11/h11,14H,3-10H2,1-2H3,(H,13,16). The van der Waals surface area contributed by atoms with Crippen LogP contribution in [0.25, 0.3) is 0 Å². The van der Waals surface area contributed by atoms with E-state index in [2.05, 4.69) is 17.6 Å². The van der Waals surface area contributed by atoms with Crippen LogP contribution in [0.5, 0.6) is 0 Å². The number of hydrogen-bond donors (Lipinski definition) is 2. The summed E-state index contributed by atoms with van der Waals surface area (Å²) in [4.78, 5) is 13.7. The summed E-state index contributed by atoms with van der Waals surface area (Å²) in [6, 6.07) is 0.569. The predicted octanol–water partition coefficient (Wildman–Crippen LogP) is 1.57. The van der Waals surface area contributed by atoms with E-state index < -0.39 is 0 Å². The third-order valence-electron chi connectivity index (χ3n) is 2.96. The Hall–Kier alpha value is -0.770. The van der Waals surface area contributed by atoms with Crippen LogP contribution in [-0.4, -0.2) is 43.2 Å². The first-order valence-electron chi connectivity index (χ1n) is 6.54. The van der Waals surface area contributed by atoms with E-state index >= 15 is 0 Å². The number of amides is 2. The Bertz CT molecular complexity index is 202. The molecule has 1 aliphatic heterocycles. The molecule has 1 fully saturated rings. The van der Waals surface area contributed by atoms with Gasteiger partial charge in [0.25, 0.3) is 0 Å². The molecule has 1 saturated heterocycles. The summed E-state index contributed by atoms with van der Waals surface area (Å²) in [6.07, 6.45) is 4.77. The van der Waals surface area contributed by atoms with Gasteiger partial charge in [0.2, 0.25) is 0 Å². The molecule has 1 rings (SSSR count). The van der Waals surface area contributed by atoms with Crippen molar-refractivity contribution in [2.24, 2.45) is 0 Å². The highest BCUT2D eigenvalue weighted by Crippen LogP contribution is 2.09. The third kappa shape index (κ3) is 4.39. The second-order valence-electron chi connectivity index (χ2n) is 4.43. The average molecular weight is 227 g/mol. The zero-order valence-corrected chi connectivity index (χ0v) is 10.6. The van der Waals surface area contributed by atoms with Gasteiger partial charge in [-0.05, 0) is 32.7 Å². The van der Waals surface area contributed by atoms with Crippen LogP contribution in [0.2, 0.25) is 0 Å². The molecule has 0 aromatic carbocycles. The molecular weight excluding hydrogens is 202 g/mol. The topological polar surface area (TPSA) is 44.4 Å². The van der Waals surface area contributed by atoms with Crippen molar-refractivity contribution in [3.63, 3.8) is 0 Å². The Morgan fingerprint density at radius 3 is 2.81 bits per heavy atom. The van der Waals surface area contributed by atoms with E-state index in [1.165, 1.54) is 19.3 Å². The molecule has 2 N–H and O–H groups in total. The zero-order chi connectivity index (χ0) is 11.8. The number of hydrogen-bond acceptors (Lipinski definition) is 2. The summed E-state index contributed by atoms with van der Waals surface area (Å²) < 4.78 is 0. The fourth-order valence-electron chi connectivity index (χ4n) is 2.15. The molecule has 2 amide bonds. The van der Waals surface area contributed by atoms with E-state index in [0.29, 0.717) is 12.6 Å². The smallest absolute Gasteiger partial charge is 0.317 e. The maximum absolute atomic E-state index is 11.8. The number of urea groups is 1. The van der Waals surface area contributed by atoms with E-state index in [9.17, 15) is 4.79 Å². The van der Waals surface area contributed by atoms with E-state index in [-0.39, 0.29) is 6.03 Å². The summed E-state index contributed by atoms with van der Waals surface area (Å²) >= 11 is 0. The Balaban J connectivity index is 2.39. The van der Waals surface area contributed by atoms with Crippen LogP contribution < -0.4 is 10.6 Å². The van der Waals surface area contributed by atoms with E-state index in [4.69, 9.17) is 0 Å². The van der Waals surface area contributed by atoms with Gasteiger partial charge in [0.15, 0.2) is 0 Å². The molecule has 1 unspecified atom stereocenters. The number of nitrogens with zero attached hydrogens (tertiary/aromatic N) is 1. The number of nitrogens with one attached hydrogen (secondary N) is 2. The van der Waals surface area contributed by atoms with Crippen LogP contribution >= 0.6 is 0 Å². The number of carbonyl (C=O) groups is 1. The largest absolute Gasteiger partial charge is 0.338 e. The molecule has 0 saturated carbocycles. The second-order valence-corrected chi connectivity index (χ2v) is 4.43. The lowest BCUT2D eigenvalue weighted by atomic mass is 10.0.